The Morgan fingerprint density at radius 1 is 0.840 bits per heavy atom. The smallest absolute Gasteiger partial charge is 0.336 e. The maximum absolute atomic E-state index is 11.5. The van der Waals surface area contributed by atoms with Crippen molar-refractivity contribution in [3.05, 3.63) is 95.0 Å². The number of hydrogen-bond donors (Lipinski definition) is 1. The second-order valence-electron chi connectivity index (χ2n) is 5.35. The first-order chi connectivity index (χ1) is 12.1. The van der Waals surface area contributed by atoms with Gasteiger partial charge in [-0.1, -0.05) is 54.1 Å². The molecule has 0 heterocycles. The SMILES string of the molecule is O=C(O)/C(=C\c1ccc(Oc2ccc(Cl)cc2)cc1)c1ccccc1. The van der Waals surface area contributed by atoms with Crippen LogP contribution in [0.5, 0.6) is 11.5 Å². The van der Waals surface area contributed by atoms with Crippen LogP contribution in [0.2, 0.25) is 5.02 Å². The fourth-order valence-electron chi connectivity index (χ4n) is 2.32. The largest absolute Gasteiger partial charge is 0.478 e. The first-order valence-electron chi connectivity index (χ1n) is 7.66. The van der Waals surface area contributed by atoms with E-state index in [1.165, 1.54) is 0 Å². The number of hydrogen-bond acceptors (Lipinski definition) is 2. The van der Waals surface area contributed by atoms with Gasteiger partial charge in [-0.05, 0) is 53.6 Å². The third kappa shape index (κ3) is 4.49. The molecule has 0 aliphatic carbocycles. The van der Waals surface area contributed by atoms with Crippen molar-refractivity contribution in [2.75, 3.05) is 0 Å². The number of carboxylic acids is 1. The molecule has 0 bridgehead atoms. The topological polar surface area (TPSA) is 46.5 Å². The van der Waals surface area contributed by atoms with Gasteiger partial charge in [0.25, 0.3) is 0 Å². The molecule has 1 N–H and O–H groups in total. The Kier molecular flexibility index (Phi) is 5.17. The normalized spacial score (nSPS) is 11.2. The van der Waals surface area contributed by atoms with Crippen molar-refractivity contribution in [3.63, 3.8) is 0 Å². The highest BCUT2D eigenvalue weighted by Gasteiger charge is 2.09. The van der Waals surface area contributed by atoms with Crippen LogP contribution in [0.4, 0.5) is 0 Å². The molecule has 25 heavy (non-hydrogen) atoms. The van der Waals surface area contributed by atoms with E-state index in [0.29, 0.717) is 22.1 Å². The Bertz CT molecular complexity index is 883. The molecule has 3 aromatic carbocycles. The number of rotatable bonds is 5. The Balaban J connectivity index is 1.81. The highest BCUT2D eigenvalue weighted by Crippen LogP contribution is 2.25. The van der Waals surface area contributed by atoms with Gasteiger partial charge in [-0.15, -0.1) is 0 Å². The molecule has 0 radical (unpaired) electrons. The summed E-state index contributed by atoms with van der Waals surface area (Å²) < 4.78 is 5.73. The van der Waals surface area contributed by atoms with E-state index in [9.17, 15) is 9.90 Å². The Morgan fingerprint density at radius 2 is 1.40 bits per heavy atom. The van der Waals surface area contributed by atoms with Crippen LogP contribution in [0.3, 0.4) is 0 Å². The summed E-state index contributed by atoms with van der Waals surface area (Å²) in [5.41, 5.74) is 1.69. The molecule has 0 aliphatic rings. The molecular formula is C21H15ClO3. The zero-order chi connectivity index (χ0) is 17.6. The highest BCUT2D eigenvalue weighted by molar-refractivity contribution is 6.30. The van der Waals surface area contributed by atoms with Gasteiger partial charge in [0.15, 0.2) is 0 Å². The number of carbonyl (C=O) groups is 1. The first-order valence-corrected chi connectivity index (χ1v) is 8.03. The van der Waals surface area contributed by atoms with Crippen LogP contribution in [-0.2, 0) is 4.79 Å². The van der Waals surface area contributed by atoms with E-state index in [1.807, 2.05) is 30.3 Å². The molecule has 0 aromatic heterocycles. The fourth-order valence-corrected chi connectivity index (χ4v) is 2.45. The Hall–Kier alpha value is -3.04. The third-order valence-electron chi connectivity index (χ3n) is 3.56. The second kappa shape index (κ2) is 7.69. The maximum Gasteiger partial charge on any atom is 0.336 e. The summed E-state index contributed by atoms with van der Waals surface area (Å²) in [6, 6.07) is 23.3. The standard InChI is InChI=1S/C21H15ClO3/c22-17-8-12-19(13-9-17)25-18-10-6-15(7-11-18)14-20(21(23)24)16-4-2-1-3-5-16/h1-14H,(H,23,24)/b20-14-. The molecule has 0 atom stereocenters. The number of carboxylic acid groups (broad SMARTS) is 1. The van der Waals surface area contributed by atoms with E-state index < -0.39 is 5.97 Å². The number of benzene rings is 3. The quantitative estimate of drug-likeness (QED) is 0.470. The van der Waals surface area contributed by atoms with Crippen LogP contribution < -0.4 is 4.74 Å². The number of halogens is 1. The second-order valence-corrected chi connectivity index (χ2v) is 5.79. The lowest BCUT2D eigenvalue weighted by atomic mass is 10.0. The van der Waals surface area contributed by atoms with Gasteiger partial charge in [-0.3, -0.25) is 0 Å². The molecule has 3 rings (SSSR count). The number of ether oxygens (including phenoxy) is 1. The van der Waals surface area contributed by atoms with Gasteiger partial charge >= 0.3 is 5.97 Å². The van der Waals surface area contributed by atoms with Crippen LogP contribution in [-0.4, -0.2) is 11.1 Å². The van der Waals surface area contributed by atoms with Crippen LogP contribution in [0.1, 0.15) is 11.1 Å². The van der Waals surface area contributed by atoms with E-state index in [0.717, 1.165) is 5.56 Å². The zero-order valence-corrected chi connectivity index (χ0v) is 14.0. The molecule has 0 aliphatic heterocycles. The summed E-state index contributed by atoms with van der Waals surface area (Å²) in [6.45, 7) is 0. The van der Waals surface area contributed by atoms with Crippen LogP contribution >= 0.6 is 11.6 Å². The lowest BCUT2D eigenvalue weighted by Gasteiger charge is -2.07. The summed E-state index contributed by atoms with van der Waals surface area (Å²) in [5.74, 6) is 0.381. The minimum absolute atomic E-state index is 0.243. The van der Waals surface area contributed by atoms with Crippen LogP contribution in [0.15, 0.2) is 78.9 Å². The van der Waals surface area contributed by atoms with Crippen molar-refractivity contribution < 1.29 is 14.6 Å². The molecule has 124 valence electrons. The van der Waals surface area contributed by atoms with Crippen molar-refractivity contribution >= 4 is 29.2 Å². The Morgan fingerprint density at radius 3 is 1.96 bits per heavy atom. The molecule has 0 fully saturated rings. The molecule has 0 spiro atoms. The van der Waals surface area contributed by atoms with E-state index in [-0.39, 0.29) is 5.57 Å². The van der Waals surface area contributed by atoms with Crippen LogP contribution in [0, 0.1) is 0 Å². The zero-order valence-electron chi connectivity index (χ0n) is 13.2. The minimum atomic E-state index is -0.965. The summed E-state index contributed by atoms with van der Waals surface area (Å²) in [6.07, 6.45) is 1.64. The van der Waals surface area contributed by atoms with Crippen LogP contribution in [0.25, 0.3) is 11.6 Å². The van der Waals surface area contributed by atoms with E-state index in [4.69, 9.17) is 16.3 Å². The van der Waals surface area contributed by atoms with E-state index >= 15 is 0 Å². The predicted octanol–water partition coefficient (Wildman–Crippen LogP) is 5.76. The molecule has 0 amide bonds. The molecule has 4 heteroatoms. The van der Waals surface area contributed by atoms with E-state index in [1.54, 1.807) is 54.6 Å². The van der Waals surface area contributed by atoms with Crippen molar-refractivity contribution in [3.8, 4) is 11.5 Å². The van der Waals surface area contributed by atoms with Crippen molar-refractivity contribution in [1.82, 2.24) is 0 Å². The van der Waals surface area contributed by atoms with Crippen molar-refractivity contribution in [2.24, 2.45) is 0 Å². The van der Waals surface area contributed by atoms with Gasteiger partial charge in [-0.2, -0.15) is 0 Å². The number of aliphatic carboxylic acids is 1. The van der Waals surface area contributed by atoms with Gasteiger partial charge < -0.3 is 9.84 Å². The molecule has 0 saturated carbocycles. The molecule has 3 aromatic rings. The maximum atomic E-state index is 11.5. The molecule has 3 nitrogen and oxygen atoms in total. The molecular weight excluding hydrogens is 336 g/mol. The molecule has 0 unspecified atom stereocenters. The third-order valence-corrected chi connectivity index (χ3v) is 3.81. The monoisotopic (exact) mass is 350 g/mol. The predicted molar refractivity (Wildman–Crippen MR) is 99.9 cm³/mol. The minimum Gasteiger partial charge on any atom is -0.478 e. The lowest BCUT2D eigenvalue weighted by molar-refractivity contribution is -0.130. The fraction of sp³-hybridized carbons (Fsp3) is 0. The highest BCUT2D eigenvalue weighted by atomic mass is 35.5. The summed E-state index contributed by atoms with van der Waals surface area (Å²) in [5, 5.41) is 10.1. The van der Waals surface area contributed by atoms with Gasteiger partial charge in [0, 0.05) is 5.02 Å². The van der Waals surface area contributed by atoms with Gasteiger partial charge in [0.2, 0.25) is 0 Å². The van der Waals surface area contributed by atoms with Gasteiger partial charge in [0.05, 0.1) is 5.57 Å². The average molecular weight is 351 g/mol. The van der Waals surface area contributed by atoms with E-state index in [2.05, 4.69) is 0 Å². The lowest BCUT2D eigenvalue weighted by Crippen LogP contribution is -1.99. The Labute approximate surface area is 150 Å². The average Bonchev–Trinajstić information content (AvgIpc) is 2.63. The first kappa shape index (κ1) is 16.8. The van der Waals surface area contributed by atoms with Crippen molar-refractivity contribution in [1.29, 1.82) is 0 Å². The van der Waals surface area contributed by atoms with Gasteiger partial charge in [0.1, 0.15) is 11.5 Å². The van der Waals surface area contributed by atoms with Gasteiger partial charge in [-0.25, -0.2) is 4.79 Å². The summed E-state index contributed by atoms with van der Waals surface area (Å²) >= 11 is 5.85. The van der Waals surface area contributed by atoms with Crippen molar-refractivity contribution in [2.45, 2.75) is 0 Å². The molecule has 0 saturated heterocycles. The summed E-state index contributed by atoms with van der Waals surface area (Å²) in [7, 11) is 0. The summed E-state index contributed by atoms with van der Waals surface area (Å²) in [4.78, 5) is 11.5.